The van der Waals surface area contributed by atoms with Crippen LogP contribution < -0.4 is 0 Å². The Morgan fingerprint density at radius 3 is 2.94 bits per heavy atom. The van der Waals surface area contributed by atoms with Crippen molar-refractivity contribution in [2.75, 3.05) is 13.2 Å². The van der Waals surface area contributed by atoms with E-state index >= 15 is 0 Å². The quantitative estimate of drug-likeness (QED) is 0.811. The minimum atomic E-state index is -0.920. The molecule has 0 aliphatic rings. The molecule has 0 fully saturated rings. The maximum Gasteiger partial charge on any atom is 0.329 e. The lowest BCUT2D eigenvalue weighted by Crippen LogP contribution is -2.08. The van der Waals surface area contributed by atoms with Crippen LogP contribution in [0.1, 0.15) is 4.88 Å². The van der Waals surface area contributed by atoms with E-state index in [1.807, 2.05) is 12.1 Å². The van der Waals surface area contributed by atoms with Crippen molar-refractivity contribution in [3.05, 3.63) is 35.2 Å². The number of benzene rings is 1. The molecule has 0 saturated carbocycles. The molecule has 0 radical (unpaired) electrons. The number of carboxylic acids is 1. The molecular formula is C12H12O3S. The first-order valence-corrected chi connectivity index (χ1v) is 5.84. The molecule has 0 spiro atoms. The van der Waals surface area contributed by atoms with E-state index in [9.17, 15) is 4.79 Å². The highest BCUT2D eigenvalue weighted by molar-refractivity contribution is 7.19. The van der Waals surface area contributed by atoms with Gasteiger partial charge in [0, 0.05) is 16.0 Å². The van der Waals surface area contributed by atoms with E-state index in [4.69, 9.17) is 9.84 Å². The van der Waals surface area contributed by atoms with Crippen molar-refractivity contribution in [1.82, 2.24) is 0 Å². The van der Waals surface area contributed by atoms with Crippen molar-refractivity contribution in [2.24, 2.45) is 0 Å². The fourth-order valence-electron chi connectivity index (χ4n) is 1.49. The smallest absolute Gasteiger partial charge is 0.329 e. The van der Waals surface area contributed by atoms with E-state index in [1.165, 1.54) is 15.0 Å². The lowest BCUT2D eigenvalue weighted by atomic mass is 10.2. The largest absolute Gasteiger partial charge is 0.480 e. The zero-order valence-electron chi connectivity index (χ0n) is 8.68. The molecule has 4 heteroatoms. The zero-order valence-corrected chi connectivity index (χ0v) is 9.50. The number of rotatable bonds is 5. The van der Waals surface area contributed by atoms with E-state index in [0.717, 1.165) is 6.42 Å². The molecule has 2 aromatic rings. The maximum atomic E-state index is 10.2. The first kappa shape index (κ1) is 11.1. The van der Waals surface area contributed by atoms with Gasteiger partial charge in [-0.05, 0) is 17.5 Å². The number of fused-ring (bicyclic) bond motifs is 1. The molecule has 1 N–H and O–H groups in total. The number of thiophene rings is 1. The van der Waals surface area contributed by atoms with Crippen LogP contribution in [0.25, 0.3) is 10.1 Å². The van der Waals surface area contributed by atoms with Crippen LogP contribution in [0.2, 0.25) is 0 Å². The van der Waals surface area contributed by atoms with E-state index in [-0.39, 0.29) is 6.61 Å². The van der Waals surface area contributed by atoms with E-state index < -0.39 is 5.97 Å². The average molecular weight is 236 g/mol. The van der Waals surface area contributed by atoms with Crippen molar-refractivity contribution >= 4 is 27.4 Å². The van der Waals surface area contributed by atoms with Crippen molar-refractivity contribution in [1.29, 1.82) is 0 Å². The van der Waals surface area contributed by atoms with Gasteiger partial charge >= 0.3 is 5.97 Å². The van der Waals surface area contributed by atoms with E-state index in [0.29, 0.717) is 6.61 Å². The summed E-state index contributed by atoms with van der Waals surface area (Å²) in [4.78, 5) is 11.5. The number of carboxylic acid groups (broad SMARTS) is 1. The Kier molecular flexibility index (Phi) is 3.54. The lowest BCUT2D eigenvalue weighted by molar-refractivity contribution is -0.142. The fraction of sp³-hybridized carbons (Fsp3) is 0.250. The molecule has 2 rings (SSSR count). The number of aliphatic carboxylic acids is 1. The van der Waals surface area contributed by atoms with E-state index in [2.05, 4.69) is 18.2 Å². The van der Waals surface area contributed by atoms with E-state index in [1.54, 1.807) is 11.3 Å². The first-order chi connectivity index (χ1) is 7.75. The highest BCUT2D eigenvalue weighted by Crippen LogP contribution is 2.25. The van der Waals surface area contributed by atoms with Crippen LogP contribution in [-0.4, -0.2) is 24.3 Å². The minimum absolute atomic E-state index is 0.217. The highest BCUT2D eigenvalue weighted by atomic mass is 32.1. The summed E-state index contributed by atoms with van der Waals surface area (Å²) in [6, 6.07) is 10.3. The Balaban J connectivity index is 1.92. The molecule has 0 amide bonds. The van der Waals surface area contributed by atoms with Gasteiger partial charge in [-0.15, -0.1) is 11.3 Å². The van der Waals surface area contributed by atoms with Gasteiger partial charge in [0.05, 0.1) is 6.61 Å². The Morgan fingerprint density at radius 2 is 2.19 bits per heavy atom. The Bertz CT molecular complexity index is 457. The molecule has 0 atom stereocenters. The third-order valence-corrected chi connectivity index (χ3v) is 3.37. The van der Waals surface area contributed by atoms with Crippen molar-refractivity contribution in [3.63, 3.8) is 0 Å². The highest BCUT2D eigenvalue weighted by Gasteiger charge is 2.02. The summed E-state index contributed by atoms with van der Waals surface area (Å²) >= 11 is 1.73. The molecule has 0 aliphatic carbocycles. The molecule has 3 nitrogen and oxygen atoms in total. The van der Waals surface area contributed by atoms with Crippen LogP contribution in [0, 0.1) is 0 Å². The number of carbonyl (C=O) groups is 1. The van der Waals surface area contributed by atoms with Gasteiger partial charge in [-0.25, -0.2) is 4.79 Å². The Morgan fingerprint density at radius 1 is 1.38 bits per heavy atom. The molecular weight excluding hydrogens is 224 g/mol. The van der Waals surface area contributed by atoms with Crippen LogP contribution in [0.4, 0.5) is 0 Å². The van der Waals surface area contributed by atoms with Gasteiger partial charge in [0.15, 0.2) is 0 Å². The number of hydrogen-bond donors (Lipinski definition) is 1. The second-order valence-electron chi connectivity index (χ2n) is 3.45. The Hall–Kier alpha value is -1.39. The monoisotopic (exact) mass is 236 g/mol. The van der Waals surface area contributed by atoms with Crippen LogP contribution in [-0.2, 0) is 16.0 Å². The third kappa shape index (κ3) is 2.81. The zero-order chi connectivity index (χ0) is 11.4. The van der Waals surface area contributed by atoms with Gasteiger partial charge < -0.3 is 9.84 Å². The first-order valence-electron chi connectivity index (χ1n) is 5.03. The fourth-order valence-corrected chi connectivity index (χ4v) is 2.54. The summed E-state index contributed by atoms with van der Waals surface area (Å²) in [5.74, 6) is -0.920. The average Bonchev–Trinajstić information content (AvgIpc) is 2.66. The molecule has 0 unspecified atom stereocenters. The molecule has 16 heavy (non-hydrogen) atoms. The minimum Gasteiger partial charge on any atom is -0.480 e. The number of hydrogen-bond acceptors (Lipinski definition) is 3. The predicted molar refractivity (Wildman–Crippen MR) is 64.0 cm³/mol. The molecule has 0 saturated heterocycles. The van der Waals surface area contributed by atoms with Crippen LogP contribution >= 0.6 is 11.3 Å². The summed E-state index contributed by atoms with van der Waals surface area (Å²) < 4.78 is 6.26. The van der Waals surface area contributed by atoms with Crippen LogP contribution in [0.5, 0.6) is 0 Å². The maximum absolute atomic E-state index is 10.2. The molecule has 84 valence electrons. The Labute approximate surface area is 97.3 Å². The van der Waals surface area contributed by atoms with Gasteiger partial charge in [-0.1, -0.05) is 18.2 Å². The van der Waals surface area contributed by atoms with Crippen molar-refractivity contribution in [3.8, 4) is 0 Å². The summed E-state index contributed by atoms with van der Waals surface area (Å²) in [5.41, 5.74) is 0. The summed E-state index contributed by atoms with van der Waals surface area (Å²) in [7, 11) is 0. The SMILES string of the molecule is O=C(O)COCCc1cc2ccccc2s1. The van der Waals surface area contributed by atoms with Crippen LogP contribution in [0.3, 0.4) is 0 Å². The van der Waals surface area contributed by atoms with Gasteiger partial charge in [0.25, 0.3) is 0 Å². The second kappa shape index (κ2) is 5.09. The molecule has 0 bridgehead atoms. The van der Waals surface area contributed by atoms with Gasteiger partial charge in [0.1, 0.15) is 6.61 Å². The number of ether oxygens (including phenoxy) is 1. The normalized spacial score (nSPS) is 10.8. The standard InChI is InChI=1S/C12H12O3S/c13-12(14)8-15-6-5-10-7-9-3-1-2-4-11(9)16-10/h1-4,7H,5-6,8H2,(H,13,14). The molecule has 1 aromatic heterocycles. The molecule has 1 heterocycles. The topological polar surface area (TPSA) is 46.5 Å². The predicted octanol–water partition coefficient (Wildman–Crippen LogP) is 2.55. The van der Waals surface area contributed by atoms with Crippen molar-refractivity contribution in [2.45, 2.75) is 6.42 Å². The van der Waals surface area contributed by atoms with Gasteiger partial charge in [0.2, 0.25) is 0 Å². The van der Waals surface area contributed by atoms with Gasteiger partial charge in [-0.2, -0.15) is 0 Å². The third-order valence-electron chi connectivity index (χ3n) is 2.19. The summed E-state index contributed by atoms with van der Waals surface area (Å²) in [5, 5.41) is 9.64. The van der Waals surface area contributed by atoms with Crippen molar-refractivity contribution < 1.29 is 14.6 Å². The van der Waals surface area contributed by atoms with Crippen LogP contribution in [0.15, 0.2) is 30.3 Å². The lowest BCUT2D eigenvalue weighted by Gasteiger charge is -1.98. The molecule has 1 aromatic carbocycles. The second-order valence-corrected chi connectivity index (χ2v) is 4.62. The van der Waals surface area contributed by atoms with Gasteiger partial charge in [-0.3, -0.25) is 0 Å². The summed E-state index contributed by atoms with van der Waals surface area (Å²) in [6.07, 6.45) is 0.770. The molecule has 0 aliphatic heterocycles. The summed E-state index contributed by atoms with van der Waals surface area (Å²) in [6.45, 7) is 0.240.